The van der Waals surface area contributed by atoms with Gasteiger partial charge in [-0.05, 0) is 57.8 Å². The molecule has 2 heterocycles. The highest BCUT2D eigenvalue weighted by molar-refractivity contribution is 6.39. The lowest BCUT2D eigenvalue weighted by atomic mass is 9.93. The third-order valence-electron chi connectivity index (χ3n) is 4.98. The van der Waals surface area contributed by atoms with E-state index in [1.807, 2.05) is 11.9 Å². The molecule has 0 saturated carbocycles. The van der Waals surface area contributed by atoms with Gasteiger partial charge in [-0.1, -0.05) is 34.4 Å². The first-order chi connectivity index (χ1) is 12.5. The molecule has 1 aliphatic heterocycles. The lowest BCUT2D eigenvalue weighted by Crippen LogP contribution is -2.39. The Morgan fingerprint density at radius 2 is 1.93 bits per heavy atom. The summed E-state index contributed by atoms with van der Waals surface area (Å²) in [7, 11) is 1.97. The Morgan fingerprint density at radius 3 is 2.52 bits per heavy atom. The Morgan fingerprint density at radius 1 is 1.30 bits per heavy atom. The van der Waals surface area contributed by atoms with Gasteiger partial charge in [-0.25, -0.2) is 0 Å². The van der Waals surface area contributed by atoms with Gasteiger partial charge >= 0.3 is 0 Å². The summed E-state index contributed by atoms with van der Waals surface area (Å²) < 4.78 is 5.32. The summed E-state index contributed by atoms with van der Waals surface area (Å²) in [5.41, 5.74) is 1.41. The smallest absolute Gasteiger partial charge is 0.259 e. The summed E-state index contributed by atoms with van der Waals surface area (Å²) in [6, 6.07) is 5.22. The number of benzene rings is 1. The second-order valence-corrected chi connectivity index (χ2v) is 7.50. The summed E-state index contributed by atoms with van der Waals surface area (Å²) in [5.74, 6) is 1.08. The molecule has 0 bridgehead atoms. The number of carbonyl (C=O) groups excluding carboxylic acids is 1. The van der Waals surface area contributed by atoms with Gasteiger partial charge in [0.1, 0.15) is 17.0 Å². The second-order valence-electron chi connectivity index (χ2n) is 6.69. The van der Waals surface area contributed by atoms with Crippen LogP contribution in [0.25, 0.3) is 11.3 Å². The molecule has 2 aromatic rings. The molecule has 0 aliphatic carbocycles. The highest BCUT2D eigenvalue weighted by Crippen LogP contribution is 2.37. The van der Waals surface area contributed by atoms with Crippen LogP contribution in [0.5, 0.6) is 0 Å². The van der Waals surface area contributed by atoms with Crippen LogP contribution in [-0.4, -0.2) is 42.6 Å². The van der Waals surface area contributed by atoms with Crippen molar-refractivity contribution < 1.29 is 9.32 Å². The van der Waals surface area contributed by atoms with Crippen molar-refractivity contribution in [2.24, 2.45) is 5.92 Å². The van der Waals surface area contributed by atoms with Gasteiger partial charge in [0, 0.05) is 18.7 Å². The van der Waals surface area contributed by atoms with E-state index in [0.29, 0.717) is 38.5 Å². The summed E-state index contributed by atoms with van der Waals surface area (Å²) >= 11 is 12.6. The lowest BCUT2D eigenvalue weighted by molar-refractivity contribution is 0.0686. The molecule has 27 heavy (non-hydrogen) atoms. The van der Waals surface area contributed by atoms with Crippen LogP contribution >= 0.6 is 35.6 Å². The van der Waals surface area contributed by atoms with Gasteiger partial charge in [0.15, 0.2) is 0 Å². The standard InChI is InChI=1S/C19H23Cl2N3O2.ClH/c1-12-16(18(23-26-12)17-14(20)4-3-5-15(17)21)19(25)24-10-7-13(8-11-24)6-9-22-2;/h3-5,13,22H,6-11H2,1-2H3;1H. The lowest BCUT2D eigenvalue weighted by Gasteiger charge is -2.32. The molecule has 8 heteroatoms. The van der Waals surface area contributed by atoms with Crippen LogP contribution in [0.1, 0.15) is 35.4 Å². The van der Waals surface area contributed by atoms with Crippen LogP contribution in [0.4, 0.5) is 0 Å². The molecule has 3 rings (SSSR count). The normalized spacial score (nSPS) is 14.9. The molecule has 5 nitrogen and oxygen atoms in total. The van der Waals surface area contributed by atoms with Crippen LogP contribution in [0, 0.1) is 12.8 Å². The molecule has 1 saturated heterocycles. The fourth-order valence-electron chi connectivity index (χ4n) is 3.45. The quantitative estimate of drug-likeness (QED) is 0.734. The maximum atomic E-state index is 13.1. The van der Waals surface area contributed by atoms with Crippen molar-refractivity contribution in [2.45, 2.75) is 26.2 Å². The molecule has 1 aromatic carbocycles. The van der Waals surface area contributed by atoms with Crippen molar-refractivity contribution in [1.82, 2.24) is 15.4 Å². The zero-order valence-electron chi connectivity index (χ0n) is 15.4. The zero-order chi connectivity index (χ0) is 18.7. The monoisotopic (exact) mass is 431 g/mol. The minimum atomic E-state index is -0.0678. The number of aromatic nitrogens is 1. The predicted molar refractivity (Wildman–Crippen MR) is 111 cm³/mol. The van der Waals surface area contributed by atoms with E-state index >= 15 is 0 Å². The van der Waals surface area contributed by atoms with Gasteiger partial charge in [0.05, 0.1) is 10.0 Å². The number of piperidine rings is 1. The fraction of sp³-hybridized carbons (Fsp3) is 0.474. The molecule has 1 aliphatic rings. The summed E-state index contributed by atoms with van der Waals surface area (Å²) in [6.07, 6.45) is 3.17. The van der Waals surface area contributed by atoms with Gasteiger partial charge < -0.3 is 14.7 Å². The van der Waals surface area contributed by atoms with Crippen LogP contribution in [0.3, 0.4) is 0 Å². The van der Waals surface area contributed by atoms with E-state index in [2.05, 4.69) is 10.5 Å². The maximum Gasteiger partial charge on any atom is 0.259 e. The highest BCUT2D eigenvalue weighted by atomic mass is 35.5. The molecule has 0 unspecified atom stereocenters. The first-order valence-corrected chi connectivity index (χ1v) is 9.63. The molecule has 148 valence electrons. The largest absolute Gasteiger partial charge is 0.360 e. The van der Waals surface area contributed by atoms with Crippen molar-refractivity contribution >= 4 is 41.5 Å². The Balaban J connectivity index is 0.00000261. The van der Waals surface area contributed by atoms with Gasteiger partial charge in [0.25, 0.3) is 5.91 Å². The van der Waals surface area contributed by atoms with E-state index in [4.69, 9.17) is 27.7 Å². The minimum Gasteiger partial charge on any atom is -0.360 e. The number of likely N-dealkylation sites (tertiary alicyclic amines) is 1. The number of aryl methyl sites for hydroxylation is 1. The summed E-state index contributed by atoms with van der Waals surface area (Å²) in [4.78, 5) is 15.0. The molecule has 1 amide bonds. The second kappa shape index (κ2) is 9.78. The molecular weight excluding hydrogens is 409 g/mol. The Labute approximate surface area is 175 Å². The SMILES string of the molecule is CNCCC1CCN(C(=O)c2c(-c3c(Cl)cccc3Cl)noc2C)CC1.Cl. The molecule has 1 fully saturated rings. The predicted octanol–water partition coefficient (Wildman–Crippen LogP) is 4.84. The van der Waals surface area contributed by atoms with E-state index in [1.54, 1.807) is 25.1 Å². The van der Waals surface area contributed by atoms with Crippen molar-refractivity contribution in [3.8, 4) is 11.3 Å². The third kappa shape index (κ3) is 4.77. The van der Waals surface area contributed by atoms with Crippen LogP contribution < -0.4 is 5.32 Å². The van der Waals surface area contributed by atoms with Crippen LogP contribution in [-0.2, 0) is 0 Å². The number of rotatable bonds is 5. The van der Waals surface area contributed by atoms with Crippen molar-refractivity contribution in [2.75, 3.05) is 26.7 Å². The topological polar surface area (TPSA) is 58.4 Å². The Hall–Kier alpha value is -1.27. The fourth-order valence-corrected chi connectivity index (χ4v) is 4.03. The number of hydrogen-bond acceptors (Lipinski definition) is 4. The molecule has 1 N–H and O–H groups in total. The average molecular weight is 433 g/mol. The number of carbonyl (C=O) groups is 1. The van der Waals surface area contributed by atoms with Crippen molar-refractivity contribution in [3.63, 3.8) is 0 Å². The molecule has 0 spiro atoms. The van der Waals surface area contributed by atoms with Gasteiger partial charge in [-0.15, -0.1) is 12.4 Å². The number of hydrogen-bond donors (Lipinski definition) is 1. The number of nitrogens with one attached hydrogen (secondary N) is 1. The molecule has 1 aromatic heterocycles. The molecular formula is C19H24Cl3N3O2. The summed E-state index contributed by atoms with van der Waals surface area (Å²) in [5, 5.41) is 8.17. The maximum absolute atomic E-state index is 13.1. The highest BCUT2D eigenvalue weighted by Gasteiger charge is 2.30. The minimum absolute atomic E-state index is 0. The van der Waals surface area contributed by atoms with E-state index in [0.717, 1.165) is 38.9 Å². The number of amides is 1. The van der Waals surface area contributed by atoms with Gasteiger partial charge in [-0.3, -0.25) is 4.79 Å². The summed E-state index contributed by atoms with van der Waals surface area (Å²) in [6.45, 7) is 4.24. The van der Waals surface area contributed by atoms with Crippen LogP contribution in [0.2, 0.25) is 10.0 Å². The Kier molecular flexibility index (Phi) is 7.98. The number of nitrogens with zero attached hydrogens (tertiary/aromatic N) is 2. The average Bonchev–Trinajstić information content (AvgIpc) is 3.01. The van der Waals surface area contributed by atoms with Gasteiger partial charge in [-0.2, -0.15) is 0 Å². The Bertz CT molecular complexity index is 766. The van der Waals surface area contributed by atoms with Crippen molar-refractivity contribution in [3.05, 3.63) is 39.6 Å². The van der Waals surface area contributed by atoms with Crippen molar-refractivity contribution in [1.29, 1.82) is 0 Å². The van der Waals surface area contributed by atoms with E-state index in [-0.39, 0.29) is 18.3 Å². The van der Waals surface area contributed by atoms with E-state index in [9.17, 15) is 4.79 Å². The van der Waals surface area contributed by atoms with E-state index in [1.165, 1.54) is 0 Å². The molecule has 0 atom stereocenters. The van der Waals surface area contributed by atoms with Crippen LogP contribution in [0.15, 0.2) is 22.7 Å². The third-order valence-corrected chi connectivity index (χ3v) is 5.61. The number of halogens is 3. The zero-order valence-corrected chi connectivity index (χ0v) is 17.8. The first-order valence-electron chi connectivity index (χ1n) is 8.87. The van der Waals surface area contributed by atoms with E-state index < -0.39 is 0 Å². The first kappa shape index (κ1) is 22.0. The molecule has 0 radical (unpaired) electrons. The van der Waals surface area contributed by atoms with Gasteiger partial charge in [0.2, 0.25) is 0 Å².